The van der Waals surface area contributed by atoms with Crippen molar-refractivity contribution in [3.63, 3.8) is 0 Å². The Labute approximate surface area is 206 Å². The highest BCUT2D eigenvalue weighted by Gasteiger charge is 2.36. The minimum atomic E-state index is -0.488. The van der Waals surface area contributed by atoms with Crippen molar-refractivity contribution in [2.24, 2.45) is 0 Å². The number of anilines is 1. The Morgan fingerprint density at radius 2 is 1.81 bits per heavy atom. The summed E-state index contributed by atoms with van der Waals surface area (Å²) in [6.45, 7) is 0.0138. The number of amides is 2. The standard InChI is InChI=1S/C23H13BrCl2FNO3S/c24-15-5-8-20(31-12-13-3-1-2-4-19(13)27)14(9-15)10-21-22(29)28(23(30)32-21)16-6-7-17(25)18(26)11-16/h1-11H,12H2/b21-10+. The quantitative estimate of drug-likeness (QED) is 0.304. The summed E-state index contributed by atoms with van der Waals surface area (Å²) in [6, 6.07) is 16.1. The fourth-order valence-corrected chi connectivity index (χ4v) is 4.49. The van der Waals surface area contributed by atoms with Gasteiger partial charge in [0.2, 0.25) is 0 Å². The molecule has 32 heavy (non-hydrogen) atoms. The molecule has 2 amide bonds. The van der Waals surface area contributed by atoms with Crippen LogP contribution in [0.25, 0.3) is 6.08 Å². The van der Waals surface area contributed by atoms with Crippen LogP contribution in [0.15, 0.2) is 70.0 Å². The first-order chi connectivity index (χ1) is 15.3. The van der Waals surface area contributed by atoms with Gasteiger partial charge in [-0.1, -0.05) is 57.3 Å². The van der Waals surface area contributed by atoms with Crippen molar-refractivity contribution in [3.05, 3.63) is 97.0 Å². The number of hydrogen-bond donors (Lipinski definition) is 0. The van der Waals surface area contributed by atoms with Crippen molar-refractivity contribution >= 4 is 73.8 Å². The van der Waals surface area contributed by atoms with E-state index in [1.54, 1.807) is 48.5 Å². The first-order valence-corrected chi connectivity index (χ1v) is 11.6. The van der Waals surface area contributed by atoms with Crippen LogP contribution in [0.4, 0.5) is 14.9 Å². The molecule has 3 aromatic carbocycles. The second kappa shape index (κ2) is 9.67. The summed E-state index contributed by atoms with van der Waals surface area (Å²) in [6.07, 6.45) is 1.57. The number of carbonyl (C=O) groups is 2. The van der Waals surface area contributed by atoms with Crippen LogP contribution in [-0.4, -0.2) is 11.1 Å². The van der Waals surface area contributed by atoms with Crippen LogP contribution < -0.4 is 9.64 Å². The highest BCUT2D eigenvalue weighted by molar-refractivity contribution is 9.10. The van der Waals surface area contributed by atoms with E-state index in [4.69, 9.17) is 27.9 Å². The van der Waals surface area contributed by atoms with Crippen LogP contribution in [0, 0.1) is 5.82 Å². The second-order valence-corrected chi connectivity index (χ2v) is 9.40. The van der Waals surface area contributed by atoms with Crippen molar-refractivity contribution in [1.29, 1.82) is 0 Å². The maximum Gasteiger partial charge on any atom is 0.298 e. The average molecular weight is 553 g/mol. The number of carbonyl (C=O) groups excluding carboxylic acids is 2. The van der Waals surface area contributed by atoms with Gasteiger partial charge in [0.15, 0.2) is 0 Å². The Bertz CT molecular complexity index is 1270. The third-order valence-electron chi connectivity index (χ3n) is 4.55. The molecule has 0 atom stereocenters. The van der Waals surface area contributed by atoms with Crippen LogP contribution in [0.2, 0.25) is 10.0 Å². The van der Waals surface area contributed by atoms with Gasteiger partial charge in [-0.3, -0.25) is 9.59 Å². The largest absolute Gasteiger partial charge is 0.488 e. The van der Waals surface area contributed by atoms with Gasteiger partial charge in [-0.05, 0) is 60.3 Å². The Morgan fingerprint density at radius 1 is 1.03 bits per heavy atom. The van der Waals surface area contributed by atoms with Gasteiger partial charge in [0.25, 0.3) is 11.1 Å². The first kappa shape index (κ1) is 22.9. The van der Waals surface area contributed by atoms with E-state index in [-0.39, 0.29) is 22.4 Å². The van der Waals surface area contributed by atoms with E-state index in [2.05, 4.69) is 15.9 Å². The first-order valence-electron chi connectivity index (χ1n) is 9.22. The molecule has 4 rings (SSSR count). The Hall–Kier alpha value is -2.32. The summed E-state index contributed by atoms with van der Waals surface area (Å²) in [5, 5.41) is 0.107. The van der Waals surface area contributed by atoms with E-state index < -0.39 is 11.1 Å². The highest BCUT2D eigenvalue weighted by Crippen LogP contribution is 2.39. The van der Waals surface area contributed by atoms with Gasteiger partial charge in [-0.25, -0.2) is 9.29 Å². The van der Waals surface area contributed by atoms with Crippen molar-refractivity contribution < 1.29 is 18.7 Å². The SMILES string of the molecule is O=C1S/C(=C/c2cc(Br)ccc2OCc2ccccc2F)C(=O)N1c1ccc(Cl)c(Cl)c1. The Morgan fingerprint density at radius 3 is 2.56 bits per heavy atom. The molecule has 0 radical (unpaired) electrons. The topological polar surface area (TPSA) is 46.6 Å². The van der Waals surface area contributed by atoms with Gasteiger partial charge in [0.05, 0.1) is 20.6 Å². The van der Waals surface area contributed by atoms with Crippen molar-refractivity contribution in [2.75, 3.05) is 4.90 Å². The van der Waals surface area contributed by atoms with Crippen molar-refractivity contribution in [3.8, 4) is 5.75 Å². The number of nitrogens with zero attached hydrogens (tertiary/aromatic N) is 1. The summed E-state index contributed by atoms with van der Waals surface area (Å²) in [4.78, 5) is 26.8. The minimum absolute atomic E-state index is 0.0138. The molecule has 0 spiro atoms. The Balaban J connectivity index is 1.62. The fourth-order valence-electron chi connectivity index (χ4n) is 2.99. The lowest BCUT2D eigenvalue weighted by atomic mass is 10.1. The lowest BCUT2D eigenvalue weighted by Crippen LogP contribution is -2.27. The fraction of sp³-hybridized carbons (Fsp3) is 0.0435. The number of hydrogen-bond acceptors (Lipinski definition) is 4. The second-order valence-electron chi connectivity index (χ2n) is 6.68. The van der Waals surface area contributed by atoms with Gasteiger partial charge in [-0.15, -0.1) is 0 Å². The van der Waals surface area contributed by atoms with Crippen molar-refractivity contribution in [1.82, 2.24) is 0 Å². The molecule has 1 saturated heterocycles. The predicted molar refractivity (Wildman–Crippen MR) is 130 cm³/mol. The van der Waals surface area contributed by atoms with E-state index in [1.165, 1.54) is 18.2 Å². The van der Waals surface area contributed by atoms with Crippen LogP contribution in [0.5, 0.6) is 5.75 Å². The molecule has 162 valence electrons. The molecule has 0 aromatic heterocycles. The van der Waals surface area contributed by atoms with Gasteiger partial charge in [-0.2, -0.15) is 0 Å². The summed E-state index contributed by atoms with van der Waals surface area (Å²) in [7, 11) is 0. The minimum Gasteiger partial charge on any atom is -0.488 e. The molecular weight excluding hydrogens is 540 g/mol. The van der Waals surface area contributed by atoms with E-state index >= 15 is 0 Å². The van der Waals surface area contributed by atoms with Crippen LogP contribution in [-0.2, 0) is 11.4 Å². The van der Waals surface area contributed by atoms with Crippen LogP contribution in [0.1, 0.15) is 11.1 Å². The third kappa shape index (κ3) is 4.86. The summed E-state index contributed by atoms with van der Waals surface area (Å²) in [5.74, 6) is -0.412. The number of thioether (sulfide) groups is 1. The maximum atomic E-state index is 13.9. The van der Waals surface area contributed by atoms with Gasteiger partial charge < -0.3 is 4.74 Å². The molecule has 1 fully saturated rings. The molecule has 1 aliphatic rings. The predicted octanol–water partition coefficient (Wildman–Crippen LogP) is 7.71. The van der Waals surface area contributed by atoms with E-state index in [9.17, 15) is 14.0 Å². The highest BCUT2D eigenvalue weighted by atomic mass is 79.9. The zero-order chi connectivity index (χ0) is 22.8. The summed E-state index contributed by atoms with van der Waals surface area (Å²) in [5.41, 5.74) is 1.30. The van der Waals surface area contributed by atoms with Crippen molar-refractivity contribution in [2.45, 2.75) is 6.61 Å². The number of rotatable bonds is 5. The lowest BCUT2D eigenvalue weighted by molar-refractivity contribution is -0.113. The van der Waals surface area contributed by atoms with E-state index in [1.807, 2.05) is 0 Å². The average Bonchev–Trinajstić information content (AvgIpc) is 3.03. The molecule has 0 aliphatic carbocycles. The molecular formula is C23H13BrCl2FNO3S. The number of halogens is 4. The van der Waals surface area contributed by atoms with Gasteiger partial charge in [0.1, 0.15) is 18.2 Å². The van der Waals surface area contributed by atoms with Gasteiger partial charge in [0, 0.05) is 15.6 Å². The molecule has 3 aromatic rings. The molecule has 1 aliphatic heterocycles. The van der Waals surface area contributed by atoms with E-state index in [0.29, 0.717) is 27.6 Å². The normalized spacial score (nSPS) is 15.0. The maximum absolute atomic E-state index is 13.9. The summed E-state index contributed by atoms with van der Waals surface area (Å²) >= 11 is 16.2. The van der Waals surface area contributed by atoms with Gasteiger partial charge >= 0.3 is 0 Å². The Kier molecular flexibility index (Phi) is 6.90. The molecule has 4 nitrogen and oxygen atoms in total. The van der Waals surface area contributed by atoms with Crippen LogP contribution in [0.3, 0.4) is 0 Å². The molecule has 9 heteroatoms. The lowest BCUT2D eigenvalue weighted by Gasteiger charge is -2.13. The van der Waals surface area contributed by atoms with E-state index in [0.717, 1.165) is 21.1 Å². The molecule has 1 heterocycles. The molecule has 0 unspecified atom stereocenters. The molecule has 0 bridgehead atoms. The monoisotopic (exact) mass is 551 g/mol. The molecule has 0 saturated carbocycles. The number of benzene rings is 3. The zero-order valence-corrected chi connectivity index (χ0v) is 20.1. The molecule has 0 N–H and O–H groups in total. The third-order valence-corrected chi connectivity index (χ3v) is 6.66. The van der Waals surface area contributed by atoms with Crippen LogP contribution >= 0.6 is 50.9 Å². The number of imide groups is 1. The number of ether oxygens (including phenoxy) is 1. The summed E-state index contributed by atoms with van der Waals surface area (Å²) < 4.78 is 20.5. The zero-order valence-electron chi connectivity index (χ0n) is 16.2. The smallest absolute Gasteiger partial charge is 0.298 e.